The fourth-order valence-electron chi connectivity index (χ4n) is 7.95. The second-order valence-corrected chi connectivity index (χ2v) is 15.8. The zero-order valence-corrected chi connectivity index (χ0v) is 24.0. The van der Waals surface area contributed by atoms with Crippen molar-refractivity contribution in [3.8, 4) is 0 Å². The van der Waals surface area contributed by atoms with Crippen LogP contribution in [0.3, 0.4) is 0 Å². The number of ketones is 2. The summed E-state index contributed by atoms with van der Waals surface area (Å²) in [6.07, 6.45) is 5.66. The number of likely N-dealkylation sites (tertiary alicyclic amines) is 2. The van der Waals surface area contributed by atoms with E-state index in [1.54, 1.807) is 0 Å². The molecule has 0 bridgehead atoms. The van der Waals surface area contributed by atoms with Crippen LogP contribution in [0.5, 0.6) is 0 Å². The predicted molar refractivity (Wildman–Crippen MR) is 140 cm³/mol. The highest BCUT2D eigenvalue weighted by Crippen LogP contribution is 2.56. The largest absolute Gasteiger partial charge is 0.297 e. The highest BCUT2D eigenvalue weighted by Gasteiger charge is 2.61. The van der Waals surface area contributed by atoms with Crippen molar-refractivity contribution in [3.05, 3.63) is 0 Å². The van der Waals surface area contributed by atoms with Crippen LogP contribution in [0.2, 0.25) is 0 Å². The lowest BCUT2D eigenvalue weighted by Gasteiger charge is -2.46. The van der Waals surface area contributed by atoms with E-state index in [2.05, 4.69) is 86.0 Å². The van der Waals surface area contributed by atoms with E-state index in [0.29, 0.717) is 35.4 Å². The molecule has 2 aliphatic carbocycles. The summed E-state index contributed by atoms with van der Waals surface area (Å²) < 4.78 is 0. The first-order chi connectivity index (χ1) is 15.4. The number of piperidine rings is 1. The molecule has 0 amide bonds. The SMILES string of the molecule is CC(C)(C)C(=O)[C@@H]1[C@@H]2CCC[C@@H]2C(CC(C)(C)C(=O)[C@@H]2[C@@H]3C[C@@H]3CN2C(C)(C)C)N1C(C)(C)C. The number of hydrogen-bond donors (Lipinski definition) is 0. The Bertz CT molecular complexity index is 824. The van der Waals surface area contributed by atoms with E-state index in [4.69, 9.17) is 0 Å². The molecular formula is C30H52N2O2. The van der Waals surface area contributed by atoms with Crippen LogP contribution in [0.1, 0.15) is 108 Å². The van der Waals surface area contributed by atoms with Crippen molar-refractivity contribution in [2.45, 2.75) is 137 Å². The van der Waals surface area contributed by atoms with Crippen molar-refractivity contribution in [1.29, 1.82) is 0 Å². The maximum absolute atomic E-state index is 14.2. The second-order valence-electron chi connectivity index (χ2n) is 15.8. The monoisotopic (exact) mass is 472 g/mol. The van der Waals surface area contributed by atoms with Gasteiger partial charge in [0.1, 0.15) is 0 Å². The number of Topliss-reactive ketones (excluding diaryl/α,β-unsaturated/α-hetero) is 2. The summed E-state index contributed by atoms with van der Waals surface area (Å²) in [6.45, 7) is 25.3. The van der Waals surface area contributed by atoms with Crippen LogP contribution in [0.25, 0.3) is 0 Å². The topological polar surface area (TPSA) is 40.6 Å². The van der Waals surface area contributed by atoms with Gasteiger partial charge in [-0.2, -0.15) is 0 Å². The number of carbonyl (C=O) groups excluding carboxylic acids is 2. The molecule has 4 heteroatoms. The molecule has 1 unspecified atom stereocenters. The molecule has 194 valence electrons. The van der Waals surface area contributed by atoms with Crippen molar-refractivity contribution in [2.24, 2.45) is 34.5 Å². The Morgan fingerprint density at radius 1 is 0.735 bits per heavy atom. The van der Waals surface area contributed by atoms with Gasteiger partial charge in [-0.25, -0.2) is 0 Å². The Morgan fingerprint density at radius 3 is 1.85 bits per heavy atom. The zero-order valence-electron chi connectivity index (χ0n) is 24.0. The Hall–Kier alpha value is -0.740. The van der Waals surface area contributed by atoms with Gasteiger partial charge in [-0.1, -0.05) is 41.0 Å². The minimum Gasteiger partial charge on any atom is -0.297 e. The Morgan fingerprint density at radius 2 is 1.32 bits per heavy atom. The molecule has 4 fully saturated rings. The fraction of sp³-hybridized carbons (Fsp3) is 0.933. The Balaban J connectivity index is 1.64. The summed E-state index contributed by atoms with van der Waals surface area (Å²) in [5.74, 6) is 3.07. The summed E-state index contributed by atoms with van der Waals surface area (Å²) >= 11 is 0. The lowest BCUT2D eigenvalue weighted by atomic mass is 9.74. The van der Waals surface area contributed by atoms with Crippen LogP contribution in [-0.4, -0.2) is 57.1 Å². The minimum atomic E-state index is -0.396. The lowest BCUT2D eigenvalue weighted by Crippen LogP contribution is -2.57. The van der Waals surface area contributed by atoms with E-state index in [1.165, 1.54) is 19.3 Å². The quantitative estimate of drug-likeness (QED) is 0.494. The summed E-state index contributed by atoms with van der Waals surface area (Å²) in [7, 11) is 0. The molecule has 4 rings (SSSR count). The van der Waals surface area contributed by atoms with Crippen molar-refractivity contribution >= 4 is 11.6 Å². The molecule has 0 aromatic carbocycles. The van der Waals surface area contributed by atoms with Gasteiger partial charge >= 0.3 is 0 Å². The molecule has 0 aromatic rings. The van der Waals surface area contributed by atoms with Crippen LogP contribution in [0.4, 0.5) is 0 Å². The lowest BCUT2D eigenvalue weighted by molar-refractivity contribution is -0.137. The summed E-state index contributed by atoms with van der Waals surface area (Å²) in [4.78, 5) is 33.1. The second kappa shape index (κ2) is 8.13. The smallest absolute Gasteiger partial charge is 0.155 e. The molecule has 2 aliphatic heterocycles. The van der Waals surface area contributed by atoms with Gasteiger partial charge < -0.3 is 0 Å². The summed E-state index contributed by atoms with van der Waals surface area (Å²) in [5.41, 5.74) is -0.826. The molecule has 7 atom stereocenters. The van der Waals surface area contributed by atoms with Crippen LogP contribution >= 0.6 is 0 Å². The van der Waals surface area contributed by atoms with E-state index in [9.17, 15) is 9.59 Å². The fourth-order valence-corrected chi connectivity index (χ4v) is 7.95. The standard InChI is InChI=1S/C30H52N2O2/c1-27(2,3)25(33)24-20-14-12-13-19(20)22(32(24)29(7,8)9)16-30(10,11)26(34)23-21-15-18(21)17-31(23)28(4,5)6/h18-24H,12-17H2,1-11H3/t18-,19+,20-,21-,22?,23+,24+/m1/s1. The van der Waals surface area contributed by atoms with Gasteiger partial charge in [0.15, 0.2) is 11.6 Å². The summed E-state index contributed by atoms with van der Waals surface area (Å²) in [6, 6.07) is 0.340. The molecule has 0 N–H and O–H groups in total. The third-order valence-electron chi connectivity index (χ3n) is 9.63. The number of carbonyl (C=O) groups is 2. The first kappa shape index (κ1) is 26.3. The predicted octanol–water partition coefficient (Wildman–Crippen LogP) is 5.97. The molecule has 4 aliphatic rings. The number of nitrogens with zero attached hydrogens (tertiary/aromatic N) is 2. The van der Waals surface area contributed by atoms with Gasteiger partial charge in [0.2, 0.25) is 0 Å². The molecular weight excluding hydrogens is 420 g/mol. The van der Waals surface area contributed by atoms with Crippen molar-refractivity contribution in [3.63, 3.8) is 0 Å². The van der Waals surface area contributed by atoms with Crippen LogP contribution < -0.4 is 0 Å². The average molecular weight is 473 g/mol. The Kier molecular flexibility index (Phi) is 6.30. The zero-order chi connectivity index (χ0) is 25.6. The van der Waals surface area contributed by atoms with Crippen molar-refractivity contribution in [2.75, 3.05) is 6.54 Å². The molecule has 4 nitrogen and oxygen atoms in total. The van der Waals surface area contributed by atoms with Gasteiger partial charge in [0.05, 0.1) is 12.1 Å². The molecule has 0 radical (unpaired) electrons. The molecule has 0 aromatic heterocycles. The number of fused-ring (bicyclic) bond motifs is 2. The van der Waals surface area contributed by atoms with Gasteiger partial charge in [0.25, 0.3) is 0 Å². The number of hydrogen-bond acceptors (Lipinski definition) is 4. The van der Waals surface area contributed by atoms with Crippen LogP contribution in [-0.2, 0) is 9.59 Å². The molecule has 2 heterocycles. The average Bonchev–Trinajstić information content (AvgIpc) is 3.01. The highest BCUT2D eigenvalue weighted by molar-refractivity contribution is 5.91. The third kappa shape index (κ3) is 4.44. The maximum Gasteiger partial charge on any atom is 0.155 e. The first-order valence-electron chi connectivity index (χ1n) is 14.0. The van der Waals surface area contributed by atoms with Crippen molar-refractivity contribution < 1.29 is 9.59 Å². The molecule has 34 heavy (non-hydrogen) atoms. The highest BCUT2D eigenvalue weighted by atomic mass is 16.1. The van der Waals surface area contributed by atoms with E-state index < -0.39 is 5.41 Å². The van der Waals surface area contributed by atoms with E-state index in [0.717, 1.165) is 25.3 Å². The normalized spacial score (nSPS) is 37.1. The van der Waals surface area contributed by atoms with E-state index >= 15 is 0 Å². The summed E-state index contributed by atoms with van der Waals surface area (Å²) in [5, 5.41) is 0. The van der Waals surface area contributed by atoms with E-state index in [-0.39, 0.29) is 28.6 Å². The molecule has 2 saturated heterocycles. The van der Waals surface area contributed by atoms with Crippen LogP contribution in [0, 0.1) is 34.5 Å². The maximum atomic E-state index is 14.2. The van der Waals surface area contributed by atoms with Gasteiger partial charge in [-0.15, -0.1) is 0 Å². The first-order valence-corrected chi connectivity index (χ1v) is 14.0. The van der Waals surface area contributed by atoms with Crippen LogP contribution in [0.15, 0.2) is 0 Å². The Labute approximate surface area is 209 Å². The van der Waals surface area contributed by atoms with Gasteiger partial charge in [-0.05, 0) is 90.9 Å². The third-order valence-corrected chi connectivity index (χ3v) is 9.63. The molecule has 0 spiro atoms. The van der Waals surface area contributed by atoms with Gasteiger partial charge in [0, 0.05) is 34.5 Å². The minimum absolute atomic E-state index is 0.0197. The molecule has 2 saturated carbocycles. The number of rotatable bonds is 5. The van der Waals surface area contributed by atoms with Gasteiger partial charge in [-0.3, -0.25) is 19.4 Å². The van der Waals surface area contributed by atoms with E-state index in [1.807, 2.05) is 0 Å². The van der Waals surface area contributed by atoms with Crippen molar-refractivity contribution in [1.82, 2.24) is 9.80 Å².